The van der Waals surface area contributed by atoms with Gasteiger partial charge in [-0.05, 0) is 36.1 Å². The lowest BCUT2D eigenvalue weighted by Crippen LogP contribution is -2.28. The predicted octanol–water partition coefficient (Wildman–Crippen LogP) is 3.56. The number of azide groups is 1. The summed E-state index contributed by atoms with van der Waals surface area (Å²) in [5, 5.41) is 4.24. The van der Waals surface area contributed by atoms with E-state index in [-0.39, 0.29) is 17.9 Å². The van der Waals surface area contributed by atoms with Crippen LogP contribution < -0.4 is 0 Å². The summed E-state index contributed by atoms with van der Waals surface area (Å²) in [6.07, 6.45) is 0.455. The first kappa shape index (κ1) is 13.7. The van der Waals surface area contributed by atoms with Crippen LogP contribution in [0.2, 0.25) is 5.02 Å². The Balaban J connectivity index is 2.07. The summed E-state index contributed by atoms with van der Waals surface area (Å²) in [7, 11) is 0. The van der Waals surface area contributed by atoms with Crippen molar-refractivity contribution in [1.29, 1.82) is 0 Å². The van der Waals surface area contributed by atoms with Crippen molar-refractivity contribution in [3.05, 3.63) is 45.3 Å². The van der Waals surface area contributed by atoms with Gasteiger partial charge in [0.25, 0.3) is 0 Å². The molecule has 1 aromatic carbocycles. The van der Waals surface area contributed by atoms with Gasteiger partial charge in [-0.15, -0.1) is 0 Å². The number of carbonyl (C=O) groups excluding carboxylic acids is 1. The molecule has 1 saturated heterocycles. The molecule has 1 amide bonds. The third kappa shape index (κ3) is 3.19. The molecule has 2 rings (SSSR count). The van der Waals surface area contributed by atoms with Crippen LogP contribution >= 0.6 is 11.6 Å². The molecule has 1 fully saturated rings. The van der Waals surface area contributed by atoms with E-state index >= 15 is 0 Å². The van der Waals surface area contributed by atoms with Crippen molar-refractivity contribution in [2.75, 3.05) is 13.1 Å². The van der Waals surface area contributed by atoms with Gasteiger partial charge in [-0.3, -0.25) is 4.79 Å². The minimum absolute atomic E-state index is 0.0147. The molecule has 1 aliphatic rings. The van der Waals surface area contributed by atoms with Crippen LogP contribution in [0, 0.1) is 5.92 Å². The molecule has 19 heavy (non-hydrogen) atoms. The first-order valence-corrected chi connectivity index (χ1v) is 6.55. The monoisotopic (exact) mass is 278 g/mol. The molecule has 0 saturated carbocycles. The fourth-order valence-electron chi connectivity index (χ4n) is 2.38. The summed E-state index contributed by atoms with van der Waals surface area (Å²) in [6, 6.07) is 7.53. The molecule has 0 aromatic heterocycles. The Labute approximate surface area is 116 Å². The molecule has 0 aliphatic carbocycles. The molecule has 1 heterocycles. The van der Waals surface area contributed by atoms with E-state index < -0.39 is 0 Å². The molecule has 6 heteroatoms. The molecule has 100 valence electrons. The second-order valence-electron chi connectivity index (χ2n) is 4.76. The van der Waals surface area contributed by atoms with E-state index in [1.54, 1.807) is 0 Å². The van der Waals surface area contributed by atoms with E-state index in [0.29, 0.717) is 24.5 Å². The Kier molecular flexibility index (Phi) is 4.30. The summed E-state index contributed by atoms with van der Waals surface area (Å²) in [4.78, 5) is 16.6. The highest BCUT2D eigenvalue weighted by Gasteiger charge is 2.32. The third-order valence-electron chi connectivity index (χ3n) is 3.46. The number of nitrogens with zero attached hydrogens (tertiary/aromatic N) is 4. The van der Waals surface area contributed by atoms with Gasteiger partial charge in [0.2, 0.25) is 5.91 Å². The van der Waals surface area contributed by atoms with E-state index in [2.05, 4.69) is 10.0 Å². The van der Waals surface area contributed by atoms with Gasteiger partial charge < -0.3 is 4.90 Å². The van der Waals surface area contributed by atoms with Crippen LogP contribution in [0.15, 0.2) is 29.4 Å². The van der Waals surface area contributed by atoms with Crippen LogP contribution in [-0.4, -0.2) is 23.9 Å². The van der Waals surface area contributed by atoms with E-state index in [1.165, 1.54) is 0 Å². The molecule has 0 radical (unpaired) electrons. The Morgan fingerprint density at radius 3 is 2.84 bits per heavy atom. The molecule has 5 nitrogen and oxygen atoms in total. The highest BCUT2D eigenvalue weighted by molar-refractivity contribution is 6.30. The summed E-state index contributed by atoms with van der Waals surface area (Å²) in [5.74, 6) is 0.235. The molecule has 0 spiro atoms. The second kappa shape index (κ2) is 5.95. The number of benzene rings is 1. The summed E-state index contributed by atoms with van der Waals surface area (Å²) in [6.45, 7) is 3.02. The maximum Gasteiger partial charge on any atom is 0.223 e. The van der Waals surface area contributed by atoms with Crippen LogP contribution in [0.1, 0.15) is 24.9 Å². The topological polar surface area (TPSA) is 69.1 Å². The standard InChI is InChI=1S/C13H15ClN4O/c1-9(11-2-4-12(14)5-3-11)18-8-10(6-13(18)19)7-16-17-15/h2-5,9-10H,6-8H2,1H3. The lowest BCUT2D eigenvalue weighted by Gasteiger charge is -2.25. The Bertz CT molecular complexity index is 510. The van der Waals surface area contributed by atoms with Crippen molar-refractivity contribution in [1.82, 2.24) is 4.90 Å². The van der Waals surface area contributed by atoms with Crippen LogP contribution in [0.4, 0.5) is 0 Å². The first-order valence-electron chi connectivity index (χ1n) is 6.17. The number of likely N-dealkylation sites (tertiary alicyclic amines) is 1. The second-order valence-corrected chi connectivity index (χ2v) is 5.19. The van der Waals surface area contributed by atoms with Crippen molar-refractivity contribution in [3.63, 3.8) is 0 Å². The van der Waals surface area contributed by atoms with E-state index in [4.69, 9.17) is 17.1 Å². The van der Waals surface area contributed by atoms with Crippen molar-refractivity contribution in [2.45, 2.75) is 19.4 Å². The zero-order valence-corrected chi connectivity index (χ0v) is 11.4. The van der Waals surface area contributed by atoms with E-state index in [9.17, 15) is 4.79 Å². The fourth-order valence-corrected chi connectivity index (χ4v) is 2.50. The highest BCUT2D eigenvalue weighted by Crippen LogP contribution is 2.29. The average Bonchev–Trinajstić information content (AvgIpc) is 2.77. The Hall–Kier alpha value is -1.71. The van der Waals surface area contributed by atoms with Gasteiger partial charge in [-0.2, -0.15) is 0 Å². The minimum Gasteiger partial charge on any atom is -0.336 e. The molecule has 2 atom stereocenters. The van der Waals surface area contributed by atoms with E-state index in [1.807, 2.05) is 36.1 Å². The van der Waals surface area contributed by atoms with Crippen molar-refractivity contribution < 1.29 is 4.79 Å². The van der Waals surface area contributed by atoms with Crippen LogP contribution in [0.3, 0.4) is 0 Å². The summed E-state index contributed by atoms with van der Waals surface area (Å²) in [5.41, 5.74) is 9.38. The maximum atomic E-state index is 12.0. The van der Waals surface area contributed by atoms with Gasteiger partial charge in [-0.25, -0.2) is 0 Å². The van der Waals surface area contributed by atoms with E-state index in [0.717, 1.165) is 5.56 Å². The van der Waals surface area contributed by atoms with Gasteiger partial charge in [0.15, 0.2) is 0 Å². The Morgan fingerprint density at radius 2 is 2.21 bits per heavy atom. The first-order chi connectivity index (χ1) is 9.11. The number of rotatable bonds is 4. The third-order valence-corrected chi connectivity index (χ3v) is 3.71. The smallest absolute Gasteiger partial charge is 0.223 e. The maximum absolute atomic E-state index is 12.0. The zero-order valence-electron chi connectivity index (χ0n) is 10.7. The van der Waals surface area contributed by atoms with Crippen molar-refractivity contribution >= 4 is 17.5 Å². The van der Waals surface area contributed by atoms with Gasteiger partial charge >= 0.3 is 0 Å². The predicted molar refractivity (Wildman–Crippen MR) is 73.7 cm³/mol. The zero-order chi connectivity index (χ0) is 13.8. The molecule has 0 N–H and O–H groups in total. The summed E-state index contributed by atoms with van der Waals surface area (Å²) < 4.78 is 0. The van der Waals surface area contributed by atoms with Gasteiger partial charge in [0.05, 0.1) is 6.04 Å². The molecule has 2 unspecified atom stereocenters. The molecule has 1 aromatic rings. The fraction of sp³-hybridized carbons (Fsp3) is 0.462. The molecular weight excluding hydrogens is 264 g/mol. The Morgan fingerprint density at radius 1 is 1.53 bits per heavy atom. The van der Waals surface area contributed by atoms with Crippen LogP contribution in [-0.2, 0) is 4.79 Å². The van der Waals surface area contributed by atoms with Gasteiger partial charge in [0, 0.05) is 29.4 Å². The number of hydrogen-bond acceptors (Lipinski definition) is 2. The van der Waals surface area contributed by atoms with Gasteiger partial charge in [0.1, 0.15) is 0 Å². The molecular formula is C13H15ClN4O. The quantitative estimate of drug-likeness (QED) is 0.471. The normalized spacial score (nSPS) is 20.2. The van der Waals surface area contributed by atoms with Crippen molar-refractivity contribution in [2.24, 2.45) is 11.0 Å². The number of carbonyl (C=O) groups is 1. The minimum atomic E-state index is 0.0147. The largest absolute Gasteiger partial charge is 0.336 e. The average molecular weight is 279 g/mol. The molecule has 1 aliphatic heterocycles. The highest BCUT2D eigenvalue weighted by atomic mass is 35.5. The number of hydrogen-bond donors (Lipinski definition) is 0. The van der Waals surface area contributed by atoms with Crippen LogP contribution in [0.5, 0.6) is 0 Å². The van der Waals surface area contributed by atoms with Gasteiger partial charge in [-0.1, -0.05) is 28.8 Å². The summed E-state index contributed by atoms with van der Waals surface area (Å²) >= 11 is 5.86. The van der Waals surface area contributed by atoms with Crippen molar-refractivity contribution in [3.8, 4) is 0 Å². The lowest BCUT2D eigenvalue weighted by molar-refractivity contribution is -0.129. The van der Waals surface area contributed by atoms with Crippen LogP contribution in [0.25, 0.3) is 10.4 Å². The molecule has 0 bridgehead atoms. The SMILES string of the molecule is CC(c1ccc(Cl)cc1)N1CC(CN=[N+]=[N-])CC1=O. The lowest BCUT2D eigenvalue weighted by atomic mass is 10.1. The number of amides is 1. The number of halogens is 1.